The van der Waals surface area contributed by atoms with Gasteiger partial charge < -0.3 is 15.7 Å². The van der Waals surface area contributed by atoms with Crippen LogP contribution in [0, 0.1) is 0 Å². The molecule has 0 aromatic heterocycles. The lowest BCUT2D eigenvalue weighted by molar-refractivity contribution is 0.190. The van der Waals surface area contributed by atoms with Crippen molar-refractivity contribution in [3.05, 3.63) is 34.9 Å². The second-order valence-electron chi connectivity index (χ2n) is 5.57. The molecule has 1 unspecified atom stereocenters. The minimum Gasteiger partial charge on any atom is -0.396 e. The van der Waals surface area contributed by atoms with E-state index in [1.54, 1.807) is 0 Å². The number of nitrogens with zero attached hydrogens (tertiary/aromatic N) is 2. The van der Waals surface area contributed by atoms with Gasteiger partial charge in [-0.2, -0.15) is 0 Å². The fourth-order valence-electron chi connectivity index (χ4n) is 2.87. The Morgan fingerprint density at radius 1 is 1.42 bits per heavy atom. The number of hydrogen-bond acceptors (Lipinski definition) is 4. The summed E-state index contributed by atoms with van der Waals surface area (Å²) in [7, 11) is 4.17. The molecule has 3 N–H and O–H groups in total. The monoisotopic (exact) mass is 263 g/mol. The first-order chi connectivity index (χ1) is 9.15. The molecule has 0 amide bonds. The molecule has 4 heteroatoms. The van der Waals surface area contributed by atoms with E-state index in [2.05, 4.69) is 42.1 Å². The lowest BCUT2D eigenvalue weighted by atomic mass is 10.0. The van der Waals surface area contributed by atoms with Gasteiger partial charge in [-0.15, -0.1) is 0 Å². The van der Waals surface area contributed by atoms with Crippen LogP contribution in [0.3, 0.4) is 0 Å². The number of aliphatic hydroxyl groups is 1. The van der Waals surface area contributed by atoms with Crippen molar-refractivity contribution in [2.45, 2.75) is 25.6 Å². The summed E-state index contributed by atoms with van der Waals surface area (Å²) in [6.07, 6.45) is 0.815. The molecule has 0 saturated carbocycles. The van der Waals surface area contributed by atoms with E-state index in [-0.39, 0.29) is 6.61 Å². The number of fused-ring (bicyclic) bond motifs is 1. The summed E-state index contributed by atoms with van der Waals surface area (Å²) in [5.74, 6) is 0. The molecule has 19 heavy (non-hydrogen) atoms. The Labute approximate surface area is 115 Å². The predicted molar refractivity (Wildman–Crippen MR) is 77.7 cm³/mol. The van der Waals surface area contributed by atoms with Crippen molar-refractivity contribution in [3.8, 4) is 0 Å². The molecule has 0 radical (unpaired) electrons. The van der Waals surface area contributed by atoms with Crippen LogP contribution >= 0.6 is 0 Å². The van der Waals surface area contributed by atoms with Crippen LogP contribution in [0.15, 0.2) is 18.2 Å². The fourth-order valence-corrected chi connectivity index (χ4v) is 2.87. The van der Waals surface area contributed by atoms with Crippen molar-refractivity contribution < 1.29 is 5.11 Å². The van der Waals surface area contributed by atoms with E-state index in [1.807, 2.05) is 0 Å². The zero-order valence-corrected chi connectivity index (χ0v) is 12.0. The standard InChI is InChI=1S/C15H25N3O/c1-17(2)10-12-4-5-13-11-18(6-3-7-19)15(9-16)14(13)8-12/h4-5,8,15,19H,3,6-7,9-11,16H2,1-2H3. The van der Waals surface area contributed by atoms with Crippen molar-refractivity contribution in [1.82, 2.24) is 9.80 Å². The molecule has 106 valence electrons. The predicted octanol–water partition coefficient (Wildman–Crippen LogP) is 0.946. The summed E-state index contributed by atoms with van der Waals surface area (Å²) in [6.45, 7) is 3.72. The minimum atomic E-state index is 0.246. The van der Waals surface area contributed by atoms with Crippen LogP contribution < -0.4 is 5.73 Å². The number of benzene rings is 1. The maximum atomic E-state index is 8.98. The molecule has 1 aromatic carbocycles. The lowest BCUT2D eigenvalue weighted by Crippen LogP contribution is -2.29. The largest absolute Gasteiger partial charge is 0.396 e. The van der Waals surface area contributed by atoms with Crippen LogP contribution in [0.4, 0.5) is 0 Å². The average molecular weight is 263 g/mol. The minimum absolute atomic E-state index is 0.246. The zero-order valence-electron chi connectivity index (χ0n) is 12.0. The fraction of sp³-hybridized carbons (Fsp3) is 0.600. The van der Waals surface area contributed by atoms with Crippen LogP contribution in [-0.2, 0) is 13.1 Å². The van der Waals surface area contributed by atoms with Gasteiger partial charge >= 0.3 is 0 Å². The highest BCUT2D eigenvalue weighted by Gasteiger charge is 2.28. The average Bonchev–Trinajstić information content (AvgIpc) is 2.72. The Bertz CT molecular complexity index is 420. The normalized spacial score (nSPS) is 19.1. The van der Waals surface area contributed by atoms with E-state index >= 15 is 0 Å². The van der Waals surface area contributed by atoms with Crippen LogP contribution in [0.5, 0.6) is 0 Å². The summed E-state index contributed by atoms with van der Waals surface area (Å²) in [6, 6.07) is 7.05. The summed E-state index contributed by atoms with van der Waals surface area (Å²) >= 11 is 0. The highest BCUT2D eigenvalue weighted by atomic mass is 16.3. The Hall–Kier alpha value is -0.940. The molecule has 1 aliphatic rings. The van der Waals surface area contributed by atoms with Crippen molar-refractivity contribution >= 4 is 0 Å². The molecule has 0 bridgehead atoms. The van der Waals surface area contributed by atoms with Gasteiger partial charge in [0.25, 0.3) is 0 Å². The van der Waals surface area contributed by atoms with Gasteiger partial charge in [-0.05, 0) is 37.2 Å². The van der Waals surface area contributed by atoms with Crippen molar-refractivity contribution in [2.75, 3.05) is 33.8 Å². The molecular weight excluding hydrogens is 238 g/mol. The van der Waals surface area contributed by atoms with Gasteiger partial charge in [-0.3, -0.25) is 4.90 Å². The Kier molecular flexibility index (Phi) is 4.93. The highest BCUT2D eigenvalue weighted by molar-refractivity contribution is 5.38. The smallest absolute Gasteiger partial charge is 0.0477 e. The number of rotatable bonds is 6. The van der Waals surface area contributed by atoms with Gasteiger partial charge in [0, 0.05) is 38.8 Å². The lowest BCUT2D eigenvalue weighted by Gasteiger charge is -2.23. The van der Waals surface area contributed by atoms with E-state index in [9.17, 15) is 0 Å². The molecule has 1 aliphatic heterocycles. The Morgan fingerprint density at radius 3 is 2.84 bits per heavy atom. The van der Waals surface area contributed by atoms with Gasteiger partial charge in [-0.1, -0.05) is 18.2 Å². The summed E-state index contributed by atoms with van der Waals surface area (Å²) in [5.41, 5.74) is 10.0. The molecule has 4 nitrogen and oxygen atoms in total. The van der Waals surface area contributed by atoms with E-state index < -0.39 is 0 Å². The van der Waals surface area contributed by atoms with E-state index in [4.69, 9.17) is 10.8 Å². The Balaban J connectivity index is 2.16. The van der Waals surface area contributed by atoms with Crippen LogP contribution in [0.1, 0.15) is 29.2 Å². The van der Waals surface area contributed by atoms with Crippen molar-refractivity contribution in [2.24, 2.45) is 5.73 Å². The third kappa shape index (κ3) is 3.34. The first-order valence-corrected chi connectivity index (χ1v) is 6.97. The van der Waals surface area contributed by atoms with E-state index in [0.717, 1.165) is 26.1 Å². The van der Waals surface area contributed by atoms with Crippen LogP contribution in [0.25, 0.3) is 0 Å². The molecule has 0 aliphatic carbocycles. The molecule has 0 saturated heterocycles. The van der Waals surface area contributed by atoms with E-state index in [0.29, 0.717) is 12.6 Å². The molecule has 0 fully saturated rings. The van der Waals surface area contributed by atoms with Gasteiger partial charge in [0.1, 0.15) is 0 Å². The third-order valence-corrected chi connectivity index (χ3v) is 3.71. The Morgan fingerprint density at radius 2 is 2.21 bits per heavy atom. The van der Waals surface area contributed by atoms with Gasteiger partial charge in [0.2, 0.25) is 0 Å². The summed E-state index contributed by atoms with van der Waals surface area (Å²) in [4.78, 5) is 4.55. The molecule has 2 rings (SSSR count). The van der Waals surface area contributed by atoms with Crippen LogP contribution in [0.2, 0.25) is 0 Å². The first-order valence-electron chi connectivity index (χ1n) is 6.97. The SMILES string of the molecule is CN(C)Cc1ccc2c(c1)C(CN)N(CCCO)C2. The third-order valence-electron chi connectivity index (χ3n) is 3.71. The molecule has 1 heterocycles. The van der Waals surface area contributed by atoms with Crippen molar-refractivity contribution in [3.63, 3.8) is 0 Å². The maximum Gasteiger partial charge on any atom is 0.0477 e. The number of aliphatic hydroxyl groups excluding tert-OH is 1. The molecular formula is C15H25N3O. The maximum absolute atomic E-state index is 8.98. The number of hydrogen-bond donors (Lipinski definition) is 2. The highest BCUT2D eigenvalue weighted by Crippen LogP contribution is 2.33. The molecule has 1 aromatic rings. The zero-order chi connectivity index (χ0) is 13.8. The second-order valence-corrected chi connectivity index (χ2v) is 5.57. The van der Waals surface area contributed by atoms with Gasteiger partial charge in [0.15, 0.2) is 0 Å². The van der Waals surface area contributed by atoms with Crippen molar-refractivity contribution in [1.29, 1.82) is 0 Å². The summed E-state index contributed by atoms with van der Waals surface area (Å²) in [5, 5.41) is 8.98. The first kappa shape index (κ1) is 14.5. The number of nitrogens with two attached hydrogens (primary N) is 1. The topological polar surface area (TPSA) is 52.7 Å². The quantitative estimate of drug-likeness (QED) is 0.802. The van der Waals surface area contributed by atoms with E-state index in [1.165, 1.54) is 16.7 Å². The molecule has 1 atom stereocenters. The molecule has 0 spiro atoms. The van der Waals surface area contributed by atoms with Gasteiger partial charge in [0.05, 0.1) is 0 Å². The van der Waals surface area contributed by atoms with Gasteiger partial charge in [-0.25, -0.2) is 0 Å². The summed E-state index contributed by atoms with van der Waals surface area (Å²) < 4.78 is 0. The second kappa shape index (κ2) is 6.48. The van der Waals surface area contributed by atoms with Crippen LogP contribution in [-0.4, -0.2) is 48.7 Å².